The zero-order valence-electron chi connectivity index (χ0n) is 16.8. The molecule has 0 fully saturated rings. The zero-order valence-corrected chi connectivity index (χ0v) is 16.8. The van der Waals surface area contributed by atoms with Crippen LogP contribution in [0, 0.1) is 0 Å². The lowest BCUT2D eigenvalue weighted by Crippen LogP contribution is -2.50. The van der Waals surface area contributed by atoms with E-state index >= 15 is 0 Å². The number of ether oxygens (including phenoxy) is 1. The van der Waals surface area contributed by atoms with Crippen molar-refractivity contribution in [2.45, 2.75) is 30.9 Å². The van der Waals surface area contributed by atoms with Gasteiger partial charge >= 0.3 is 12.1 Å². The van der Waals surface area contributed by atoms with Crippen LogP contribution in [-0.4, -0.2) is 59.9 Å². The van der Waals surface area contributed by atoms with E-state index in [-0.39, 0.29) is 12.5 Å². The molecule has 2 amide bonds. The highest BCUT2D eigenvalue weighted by Gasteiger charge is 2.30. The van der Waals surface area contributed by atoms with Gasteiger partial charge in [-0.15, -0.1) is 0 Å². The quantitative estimate of drug-likeness (QED) is 0.466. The van der Waals surface area contributed by atoms with Gasteiger partial charge in [-0.25, -0.2) is 18.4 Å². The first-order chi connectivity index (χ1) is 15.3. The van der Waals surface area contributed by atoms with E-state index in [2.05, 4.69) is 5.32 Å². The molecule has 0 radical (unpaired) electrons. The summed E-state index contributed by atoms with van der Waals surface area (Å²) in [6.07, 6.45) is -6.88. The molecule has 2 atom stereocenters. The number of alkyl carbamates (subject to hydrolysis) is 1. The van der Waals surface area contributed by atoms with Gasteiger partial charge in [0.25, 0.3) is 0 Å². The van der Waals surface area contributed by atoms with Crippen LogP contribution in [0.25, 0.3) is 11.1 Å². The van der Waals surface area contributed by atoms with Gasteiger partial charge in [0.2, 0.25) is 12.3 Å². The third-order valence-corrected chi connectivity index (χ3v) is 5.12. The van der Waals surface area contributed by atoms with Gasteiger partial charge < -0.3 is 25.6 Å². The summed E-state index contributed by atoms with van der Waals surface area (Å²) in [5.41, 5.74) is 3.96. The fourth-order valence-corrected chi connectivity index (χ4v) is 3.60. The van der Waals surface area contributed by atoms with Gasteiger partial charge in [-0.1, -0.05) is 48.5 Å². The molecule has 0 spiro atoms. The van der Waals surface area contributed by atoms with Gasteiger partial charge in [-0.05, 0) is 22.3 Å². The highest BCUT2D eigenvalue weighted by atomic mass is 19.3. The summed E-state index contributed by atoms with van der Waals surface area (Å²) in [5, 5.41) is 22.0. The highest BCUT2D eigenvalue weighted by molar-refractivity contribution is 5.86. The molecule has 0 saturated carbocycles. The number of aliphatic carboxylic acids is 1. The maximum absolute atomic E-state index is 12.9. The first-order valence-corrected chi connectivity index (χ1v) is 9.86. The second-order valence-electron chi connectivity index (χ2n) is 7.25. The Morgan fingerprint density at radius 3 is 2.09 bits per heavy atom. The molecule has 4 N–H and O–H groups in total. The second-order valence-corrected chi connectivity index (χ2v) is 7.25. The molecule has 0 saturated heterocycles. The number of carbonyl (C=O) groups excluding carboxylic acids is 2. The van der Waals surface area contributed by atoms with E-state index in [4.69, 9.17) is 9.84 Å². The van der Waals surface area contributed by atoms with Gasteiger partial charge in [0, 0.05) is 12.3 Å². The maximum atomic E-state index is 12.9. The molecule has 0 aliphatic heterocycles. The Hall–Kier alpha value is -3.53. The van der Waals surface area contributed by atoms with Crippen LogP contribution >= 0.6 is 0 Å². The summed E-state index contributed by atoms with van der Waals surface area (Å²) in [6.45, 7) is -0.763. The molecule has 170 valence electrons. The van der Waals surface area contributed by atoms with Crippen molar-refractivity contribution < 1.29 is 38.1 Å². The number of aliphatic hydroxyl groups is 1. The van der Waals surface area contributed by atoms with E-state index in [1.807, 2.05) is 53.8 Å². The number of fused-ring (bicyclic) bond motifs is 3. The number of amides is 2. The molecular weight excluding hydrogens is 426 g/mol. The van der Waals surface area contributed by atoms with E-state index in [9.17, 15) is 28.3 Å². The molecule has 0 bridgehead atoms. The largest absolute Gasteiger partial charge is 0.479 e. The van der Waals surface area contributed by atoms with Crippen LogP contribution in [0.5, 0.6) is 0 Å². The van der Waals surface area contributed by atoms with Crippen LogP contribution in [0.1, 0.15) is 23.5 Å². The summed E-state index contributed by atoms with van der Waals surface area (Å²) in [4.78, 5) is 35.0. The van der Waals surface area contributed by atoms with Crippen molar-refractivity contribution in [1.82, 2.24) is 10.6 Å². The fourth-order valence-electron chi connectivity index (χ4n) is 3.60. The van der Waals surface area contributed by atoms with E-state index in [0.29, 0.717) is 0 Å². The lowest BCUT2D eigenvalue weighted by atomic mass is 9.98. The SMILES string of the molecule is O=C(NC(CC(F)F)C(=O)NC[C@H](O)C(=O)O)OCC1c2ccccc2-c2ccccc21. The number of carboxylic acid groups (broad SMARTS) is 1. The molecule has 1 aliphatic rings. The highest BCUT2D eigenvalue weighted by Crippen LogP contribution is 2.44. The van der Waals surface area contributed by atoms with Crippen molar-refractivity contribution in [1.29, 1.82) is 0 Å². The molecule has 3 rings (SSSR count). The molecular formula is C22H22F2N2O6. The molecule has 2 aromatic carbocycles. The Bertz CT molecular complexity index is 954. The molecule has 1 aliphatic carbocycles. The van der Waals surface area contributed by atoms with Crippen LogP contribution in [0.3, 0.4) is 0 Å². The number of carbonyl (C=O) groups is 3. The van der Waals surface area contributed by atoms with Gasteiger partial charge in [0.15, 0.2) is 6.10 Å². The predicted octanol–water partition coefficient (Wildman–Crippen LogP) is 2.11. The van der Waals surface area contributed by atoms with E-state index in [1.165, 1.54) is 0 Å². The number of halogens is 2. The Morgan fingerprint density at radius 1 is 1.00 bits per heavy atom. The molecule has 32 heavy (non-hydrogen) atoms. The zero-order chi connectivity index (χ0) is 23.3. The normalized spacial score (nSPS) is 14.2. The minimum Gasteiger partial charge on any atom is -0.479 e. The van der Waals surface area contributed by atoms with Crippen molar-refractivity contribution in [2.75, 3.05) is 13.2 Å². The van der Waals surface area contributed by atoms with Crippen LogP contribution < -0.4 is 10.6 Å². The number of benzene rings is 2. The Labute approximate surface area is 182 Å². The van der Waals surface area contributed by atoms with Crippen LogP contribution in [0.4, 0.5) is 13.6 Å². The third kappa shape index (κ3) is 5.38. The van der Waals surface area contributed by atoms with Crippen molar-refractivity contribution >= 4 is 18.0 Å². The first-order valence-electron chi connectivity index (χ1n) is 9.86. The third-order valence-electron chi connectivity index (χ3n) is 5.12. The lowest BCUT2D eigenvalue weighted by molar-refractivity contribution is -0.146. The minimum absolute atomic E-state index is 0.0688. The van der Waals surface area contributed by atoms with Crippen LogP contribution in [0.15, 0.2) is 48.5 Å². The Balaban J connectivity index is 1.63. The summed E-state index contributed by atoms with van der Waals surface area (Å²) in [7, 11) is 0. The van der Waals surface area contributed by atoms with E-state index < -0.39 is 49.5 Å². The maximum Gasteiger partial charge on any atom is 0.407 e. The van der Waals surface area contributed by atoms with Gasteiger partial charge in [-0.2, -0.15) is 0 Å². The number of hydrogen-bond donors (Lipinski definition) is 4. The Morgan fingerprint density at radius 2 is 1.56 bits per heavy atom. The summed E-state index contributed by atoms with van der Waals surface area (Å²) < 4.78 is 31.0. The van der Waals surface area contributed by atoms with Crippen LogP contribution in [-0.2, 0) is 14.3 Å². The monoisotopic (exact) mass is 448 g/mol. The summed E-state index contributed by atoms with van der Waals surface area (Å²) in [6, 6.07) is 13.6. The van der Waals surface area contributed by atoms with Crippen molar-refractivity contribution in [3.05, 3.63) is 59.7 Å². The molecule has 10 heteroatoms. The van der Waals surface area contributed by atoms with Crippen molar-refractivity contribution in [3.8, 4) is 11.1 Å². The smallest absolute Gasteiger partial charge is 0.407 e. The Kier molecular flexibility index (Phi) is 7.37. The van der Waals surface area contributed by atoms with Crippen molar-refractivity contribution in [3.63, 3.8) is 0 Å². The lowest BCUT2D eigenvalue weighted by Gasteiger charge is -2.20. The van der Waals surface area contributed by atoms with Gasteiger partial charge in [-0.3, -0.25) is 4.79 Å². The topological polar surface area (TPSA) is 125 Å². The average Bonchev–Trinajstić information content (AvgIpc) is 3.08. The number of nitrogens with one attached hydrogen (secondary N) is 2. The molecule has 0 aromatic heterocycles. The predicted molar refractivity (Wildman–Crippen MR) is 109 cm³/mol. The summed E-state index contributed by atoms with van der Waals surface area (Å²) >= 11 is 0. The number of hydrogen-bond acceptors (Lipinski definition) is 5. The van der Waals surface area contributed by atoms with E-state index in [1.54, 1.807) is 0 Å². The van der Waals surface area contributed by atoms with Gasteiger partial charge in [0.05, 0.1) is 6.54 Å². The molecule has 8 nitrogen and oxygen atoms in total. The van der Waals surface area contributed by atoms with Crippen LogP contribution in [0.2, 0.25) is 0 Å². The van der Waals surface area contributed by atoms with Crippen molar-refractivity contribution in [2.24, 2.45) is 0 Å². The van der Waals surface area contributed by atoms with E-state index in [0.717, 1.165) is 22.3 Å². The number of rotatable bonds is 9. The fraction of sp³-hybridized carbons (Fsp3) is 0.318. The second kappa shape index (κ2) is 10.2. The first kappa shape index (κ1) is 23.1. The standard InChI is InChI=1S/C22H22F2N2O6/c23-19(24)9-17(20(28)25-10-18(27)21(29)30)26-22(31)32-11-16-14-7-3-1-5-12(14)13-6-2-4-8-15(13)16/h1-8,16-19,27H,9-11H2,(H,25,28)(H,26,31)(H,29,30)/t17?,18-/m0/s1. The number of carboxylic acids is 1. The number of alkyl halides is 2. The molecule has 0 heterocycles. The minimum atomic E-state index is -2.91. The molecule has 2 aromatic rings. The molecule has 1 unspecified atom stereocenters. The number of aliphatic hydroxyl groups excluding tert-OH is 1. The van der Waals surface area contributed by atoms with Gasteiger partial charge in [0.1, 0.15) is 12.6 Å². The average molecular weight is 448 g/mol. The summed E-state index contributed by atoms with van der Waals surface area (Å²) in [5.74, 6) is -2.89.